The van der Waals surface area contributed by atoms with Crippen LogP contribution in [0.15, 0.2) is 77.9 Å². The highest BCUT2D eigenvalue weighted by Crippen LogP contribution is 2.28. The molecule has 3 aromatic rings. The summed E-state index contributed by atoms with van der Waals surface area (Å²) in [6, 6.07) is 19.8. The molecule has 3 amide bonds. The molecule has 0 aromatic heterocycles. The van der Waals surface area contributed by atoms with Crippen LogP contribution < -0.4 is 25.5 Å². The average molecular weight is 551 g/mol. The molecule has 204 valence electrons. The van der Waals surface area contributed by atoms with Gasteiger partial charge >= 0.3 is 0 Å². The number of nitrogens with zero attached hydrogens (tertiary/aromatic N) is 1. The predicted octanol–water partition coefficient (Wildman–Crippen LogP) is 4.66. The number of hydrogen-bond donors (Lipinski definition) is 3. The molecule has 3 N–H and O–H groups in total. The van der Waals surface area contributed by atoms with Crippen LogP contribution in [0.2, 0.25) is 5.02 Å². The molecule has 0 radical (unpaired) electrons. The lowest BCUT2D eigenvalue weighted by Crippen LogP contribution is -2.48. The molecule has 0 aliphatic carbocycles. The number of para-hydroxylation sites is 1. The molecule has 0 fully saturated rings. The lowest BCUT2D eigenvalue weighted by Gasteiger charge is -2.20. The Morgan fingerprint density at radius 3 is 2.41 bits per heavy atom. The highest BCUT2D eigenvalue weighted by Gasteiger charge is 2.24. The minimum absolute atomic E-state index is 0.191. The largest absolute Gasteiger partial charge is 0.490 e. The molecule has 9 nitrogen and oxygen atoms in total. The zero-order valence-corrected chi connectivity index (χ0v) is 22.7. The van der Waals surface area contributed by atoms with Crippen LogP contribution in [0.5, 0.6) is 11.5 Å². The fourth-order valence-electron chi connectivity index (χ4n) is 3.48. The predicted molar refractivity (Wildman–Crippen MR) is 151 cm³/mol. The average Bonchev–Trinajstić information content (AvgIpc) is 2.91. The highest BCUT2D eigenvalue weighted by molar-refractivity contribution is 6.31. The van der Waals surface area contributed by atoms with Crippen LogP contribution in [-0.4, -0.2) is 43.2 Å². The van der Waals surface area contributed by atoms with Gasteiger partial charge in [0.15, 0.2) is 18.1 Å². The number of carbonyl (C=O) groups is 3. The summed E-state index contributed by atoms with van der Waals surface area (Å²) in [5, 5.41) is 9.94. The Morgan fingerprint density at radius 2 is 1.72 bits per heavy atom. The van der Waals surface area contributed by atoms with Gasteiger partial charge in [0.25, 0.3) is 17.7 Å². The number of amides is 3. The molecular weight excluding hydrogens is 520 g/mol. The number of hydrazone groups is 1. The third-order valence-electron chi connectivity index (χ3n) is 5.39. The van der Waals surface area contributed by atoms with Crippen molar-refractivity contribution >= 4 is 41.2 Å². The van der Waals surface area contributed by atoms with Crippen LogP contribution >= 0.6 is 11.6 Å². The molecule has 3 aromatic carbocycles. The maximum atomic E-state index is 12.8. The van der Waals surface area contributed by atoms with E-state index in [9.17, 15) is 14.4 Å². The molecule has 0 bridgehead atoms. The molecular formula is C29H31ClN4O5. The van der Waals surface area contributed by atoms with Gasteiger partial charge in [-0.15, -0.1) is 0 Å². The number of halogens is 1. The van der Waals surface area contributed by atoms with Crippen molar-refractivity contribution in [2.24, 2.45) is 11.0 Å². The van der Waals surface area contributed by atoms with Crippen molar-refractivity contribution in [3.8, 4) is 11.5 Å². The van der Waals surface area contributed by atoms with Crippen molar-refractivity contribution in [1.29, 1.82) is 0 Å². The van der Waals surface area contributed by atoms with E-state index in [1.54, 1.807) is 48.5 Å². The van der Waals surface area contributed by atoms with Crippen LogP contribution in [0.1, 0.15) is 36.7 Å². The van der Waals surface area contributed by atoms with E-state index in [1.165, 1.54) is 12.3 Å². The van der Waals surface area contributed by atoms with Crippen LogP contribution in [0, 0.1) is 5.92 Å². The van der Waals surface area contributed by atoms with Crippen molar-refractivity contribution < 1.29 is 23.9 Å². The maximum absolute atomic E-state index is 12.8. The standard InChI is InChI=1S/C29H31ClN4O5/c1-4-38-25-15-20(13-14-24(25)39-18-26(35)32-23-11-6-5-7-12-23)17-31-34-29(37)27(19(2)3)33-28(36)21-9-8-10-22(30)16-21/h5-17,19,27H,4,18H2,1-3H3,(H,32,35)(H,33,36)(H,34,37). The minimum atomic E-state index is -0.814. The SMILES string of the molecule is CCOc1cc(C=NNC(=O)C(NC(=O)c2cccc(Cl)c2)C(C)C)ccc1OCC(=O)Nc1ccccc1. The van der Waals surface area contributed by atoms with Gasteiger partial charge in [-0.3, -0.25) is 14.4 Å². The summed E-state index contributed by atoms with van der Waals surface area (Å²) < 4.78 is 11.3. The lowest BCUT2D eigenvalue weighted by molar-refractivity contribution is -0.124. The first kappa shape index (κ1) is 29.2. The Bertz CT molecular complexity index is 1310. The third kappa shape index (κ3) is 9.15. The molecule has 39 heavy (non-hydrogen) atoms. The van der Waals surface area contributed by atoms with E-state index in [0.717, 1.165) is 0 Å². The smallest absolute Gasteiger partial charge is 0.262 e. The zero-order chi connectivity index (χ0) is 28.2. The Labute approximate surface area is 232 Å². The molecule has 0 saturated carbocycles. The van der Waals surface area contributed by atoms with Crippen molar-refractivity contribution in [3.05, 3.63) is 88.9 Å². The molecule has 0 spiro atoms. The van der Waals surface area contributed by atoms with Gasteiger partial charge in [0.2, 0.25) is 0 Å². The van der Waals surface area contributed by atoms with Gasteiger partial charge in [0.05, 0.1) is 12.8 Å². The molecule has 0 aliphatic heterocycles. The van der Waals surface area contributed by atoms with Gasteiger partial charge in [0.1, 0.15) is 6.04 Å². The molecule has 1 atom stereocenters. The summed E-state index contributed by atoms with van der Waals surface area (Å²) in [5.74, 6) is -0.558. The zero-order valence-electron chi connectivity index (χ0n) is 21.9. The number of benzene rings is 3. The van der Waals surface area contributed by atoms with E-state index in [-0.39, 0.29) is 18.4 Å². The second-order valence-electron chi connectivity index (χ2n) is 8.78. The molecule has 1 unspecified atom stereocenters. The van der Waals surface area contributed by atoms with E-state index in [4.69, 9.17) is 21.1 Å². The Balaban J connectivity index is 1.60. The summed E-state index contributed by atoms with van der Waals surface area (Å²) in [5.41, 5.74) is 4.13. The van der Waals surface area contributed by atoms with Crippen molar-refractivity contribution in [3.63, 3.8) is 0 Å². The van der Waals surface area contributed by atoms with Crippen LogP contribution in [0.4, 0.5) is 5.69 Å². The number of hydrogen-bond acceptors (Lipinski definition) is 6. The van der Waals surface area contributed by atoms with Gasteiger partial charge in [-0.1, -0.05) is 49.7 Å². The second kappa shape index (κ2) is 14.5. The summed E-state index contributed by atoms with van der Waals surface area (Å²) in [6.07, 6.45) is 1.45. The van der Waals surface area contributed by atoms with E-state index >= 15 is 0 Å². The highest BCUT2D eigenvalue weighted by atomic mass is 35.5. The van der Waals surface area contributed by atoms with E-state index in [0.29, 0.717) is 39.9 Å². The number of anilines is 1. The minimum Gasteiger partial charge on any atom is -0.490 e. The van der Waals surface area contributed by atoms with Crippen molar-refractivity contribution in [1.82, 2.24) is 10.7 Å². The third-order valence-corrected chi connectivity index (χ3v) is 5.63. The van der Waals surface area contributed by atoms with E-state index in [1.807, 2.05) is 39.0 Å². The van der Waals surface area contributed by atoms with E-state index in [2.05, 4.69) is 21.2 Å². The fraction of sp³-hybridized carbons (Fsp3) is 0.241. The van der Waals surface area contributed by atoms with Crippen LogP contribution in [-0.2, 0) is 9.59 Å². The van der Waals surface area contributed by atoms with Crippen molar-refractivity contribution in [2.75, 3.05) is 18.5 Å². The second-order valence-corrected chi connectivity index (χ2v) is 9.22. The van der Waals surface area contributed by atoms with Crippen LogP contribution in [0.25, 0.3) is 0 Å². The molecule has 0 aliphatic rings. The summed E-state index contributed by atoms with van der Waals surface area (Å²) in [4.78, 5) is 37.6. The van der Waals surface area contributed by atoms with Gasteiger partial charge in [0, 0.05) is 16.3 Å². The number of ether oxygens (including phenoxy) is 2. The normalized spacial score (nSPS) is 11.6. The maximum Gasteiger partial charge on any atom is 0.262 e. The Kier molecular flexibility index (Phi) is 10.9. The summed E-state index contributed by atoms with van der Waals surface area (Å²) in [7, 11) is 0. The molecule has 0 heterocycles. The lowest BCUT2D eigenvalue weighted by atomic mass is 10.0. The first-order valence-corrected chi connectivity index (χ1v) is 12.8. The quantitative estimate of drug-likeness (QED) is 0.224. The van der Waals surface area contributed by atoms with Crippen molar-refractivity contribution in [2.45, 2.75) is 26.8 Å². The summed E-state index contributed by atoms with van der Waals surface area (Å²) in [6.45, 7) is 5.65. The first-order chi connectivity index (χ1) is 18.8. The summed E-state index contributed by atoms with van der Waals surface area (Å²) >= 11 is 5.97. The molecule has 10 heteroatoms. The number of nitrogens with one attached hydrogen (secondary N) is 3. The van der Waals surface area contributed by atoms with Gasteiger partial charge in [-0.05, 0) is 66.9 Å². The monoisotopic (exact) mass is 550 g/mol. The molecule has 3 rings (SSSR count). The van der Waals surface area contributed by atoms with Gasteiger partial charge < -0.3 is 20.1 Å². The van der Waals surface area contributed by atoms with Gasteiger partial charge in [-0.25, -0.2) is 5.43 Å². The topological polar surface area (TPSA) is 118 Å². The first-order valence-electron chi connectivity index (χ1n) is 12.4. The van der Waals surface area contributed by atoms with Crippen LogP contribution in [0.3, 0.4) is 0 Å². The van der Waals surface area contributed by atoms with Gasteiger partial charge in [-0.2, -0.15) is 5.10 Å². The Morgan fingerprint density at radius 1 is 0.949 bits per heavy atom. The number of carbonyl (C=O) groups excluding carboxylic acids is 3. The fourth-order valence-corrected chi connectivity index (χ4v) is 3.67. The van der Waals surface area contributed by atoms with E-state index < -0.39 is 17.9 Å². The molecule has 0 saturated heterocycles. The Hall–Kier alpha value is -4.37. The number of rotatable bonds is 12.